The molecule has 0 heterocycles. The number of hydrogen-bond acceptors (Lipinski definition) is 5. The highest BCUT2D eigenvalue weighted by molar-refractivity contribution is 5.70. The third-order valence-electron chi connectivity index (χ3n) is 12.5. The van der Waals surface area contributed by atoms with E-state index in [1.54, 1.807) is 0 Å². The lowest BCUT2D eigenvalue weighted by molar-refractivity contribution is -0.163. The summed E-state index contributed by atoms with van der Waals surface area (Å²) in [5, 5.41) is 0. The largest absolute Gasteiger partial charge is 0.462 e. The minimum Gasteiger partial charge on any atom is -0.462 e. The van der Waals surface area contributed by atoms with Crippen LogP contribution in [0.2, 0.25) is 0 Å². The van der Waals surface area contributed by atoms with Crippen LogP contribution in [0.3, 0.4) is 0 Å². The average molecular weight is 924 g/mol. The first-order chi connectivity index (χ1) is 32.6. The zero-order chi connectivity index (χ0) is 47.7. The Hall–Kier alpha value is -2.40. The highest BCUT2D eigenvalue weighted by Gasteiger charge is 2.17. The summed E-state index contributed by atoms with van der Waals surface area (Å²) in [4.78, 5) is 25.5. The Kier molecular flexibility index (Phi) is 54.9. The van der Waals surface area contributed by atoms with E-state index < -0.39 is 6.10 Å². The molecule has 5 nitrogen and oxygen atoms in total. The molecule has 0 aliphatic heterocycles. The van der Waals surface area contributed by atoms with Gasteiger partial charge in [-0.25, -0.2) is 0 Å². The molecule has 0 aromatic heterocycles. The number of hydrogen-bond donors (Lipinski definition) is 0. The summed E-state index contributed by atoms with van der Waals surface area (Å²) in [5.74, 6) is -0.420. The van der Waals surface area contributed by atoms with Crippen molar-refractivity contribution in [2.45, 2.75) is 297 Å². The highest BCUT2D eigenvalue weighted by atomic mass is 16.6. The average Bonchev–Trinajstić information content (AvgIpc) is 3.32. The molecule has 0 amide bonds. The van der Waals surface area contributed by atoms with E-state index in [1.165, 1.54) is 180 Å². The maximum absolute atomic E-state index is 12.8. The lowest BCUT2D eigenvalue weighted by atomic mass is 10.1. The molecule has 0 saturated heterocycles. The Labute approximate surface area is 411 Å². The fourth-order valence-corrected chi connectivity index (χ4v) is 8.15. The van der Waals surface area contributed by atoms with Gasteiger partial charge in [-0.05, 0) is 109 Å². The molecule has 0 aromatic rings. The van der Waals surface area contributed by atoms with E-state index in [9.17, 15) is 9.59 Å². The fraction of sp³-hybridized carbons (Fsp3) is 0.803. The number of esters is 2. The SMILES string of the molecule is CCCCC/C=C\C/C=C\CCCCCCCC(=O)OCC(COCCCCCCCCCCCC/C=C\CCCCCCCC)OC(=O)CCCCCCC/C=C\C/C=C\CCCCC. The van der Waals surface area contributed by atoms with Gasteiger partial charge in [-0.3, -0.25) is 9.59 Å². The van der Waals surface area contributed by atoms with Gasteiger partial charge in [-0.2, -0.15) is 0 Å². The van der Waals surface area contributed by atoms with E-state index in [4.69, 9.17) is 14.2 Å². The zero-order valence-electron chi connectivity index (χ0n) is 44.2. The molecule has 0 radical (unpaired) electrons. The standard InChI is InChI=1S/C61H110O5/c1-4-7-10-13-16-19-22-25-28-29-30-31-32-35-38-41-44-47-50-53-56-64-57-59(66-61(63)55-52-49-46-43-40-37-34-27-24-21-18-15-12-9-6-3)58-65-60(62)54-51-48-45-42-39-36-33-26-23-20-17-14-11-8-5-2/h17-18,20-21,25-28,33-34,59H,4-16,19,22-24,29-32,35-58H2,1-3H3/b20-17-,21-18-,28-25-,33-26-,34-27-. The van der Waals surface area contributed by atoms with E-state index in [0.29, 0.717) is 19.4 Å². The number of carbonyl (C=O) groups excluding carboxylic acids is 2. The number of carbonyl (C=O) groups is 2. The number of ether oxygens (including phenoxy) is 3. The van der Waals surface area contributed by atoms with Crippen molar-refractivity contribution < 1.29 is 23.8 Å². The number of unbranched alkanes of at least 4 members (excludes halogenated alkanes) is 32. The predicted octanol–water partition coefficient (Wildman–Crippen LogP) is 19.7. The van der Waals surface area contributed by atoms with E-state index in [2.05, 4.69) is 81.5 Å². The van der Waals surface area contributed by atoms with E-state index in [1.807, 2.05) is 0 Å². The first-order valence-corrected chi connectivity index (χ1v) is 28.8. The van der Waals surface area contributed by atoms with Crippen LogP contribution in [0.5, 0.6) is 0 Å². The van der Waals surface area contributed by atoms with Crippen LogP contribution in [0, 0.1) is 0 Å². The Morgan fingerprint density at radius 3 is 1.05 bits per heavy atom. The normalized spacial score (nSPS) is 12.6. The van der Waals surface area contributed by atoms with Crippen LogP contribution >= 0.6 is 0 Å². The van der Waals surface area contributed by atoms with Gasteiger partial charge in [0, 0.05) is 19.4 Å². The summed E-state index contributed by atoms with van der Waals surface area (Å²) in [5.41, 5.74) is 0. The molecule has 0 aliphatic rings. The second-order valence-corrected chi connectivity index (χ2v) is 19.2. The molecule has 0 aliphatic carbocycles. The van der Waals surface area contributed by atoms with E-state index >= 15 is 0 Å². The van der Waals surface area contributed by atoms with Crippen molar-refractivity contribution in [3.05, 3.63) is 60.8 Å². The Morgan fingerprint density at radius 1 is 0.333 bits per heavy atom. The number of allylic oxidation sites excluding steroid dienone is 10. The molecule has 1 unspecified atom stereocenters. The van der Waals surface area contributed by atoms with Gasteiger partial charge in [-0.15, -0.1) is 0 Å². The second-order valence-electron chi connectivity index (χ2n) is 19.2. The quantitative estimate of drug-likeness (QED) is 0.0346. The summed E-state index contributed by atoms with van der Waals surface area (Å²) in [6.45, 7) is 7.77. The first-order valence-electron chi connectivity index (χ1n) is 28.8. The predicted molar refractivity (Wildman–Crippen MR) is 288 cm³/mol. The first kappa shape index (κ1) is 63.6. The molecule has 0 bridgehead atoms. The summed E-state index contributed by atoms with van der Waals surface area (Å²) >= 11 is 0. The van der Waals surface area contributed by atoms with Crippen molar-refractivity contribution >= 4 is 11.9 Å². The van der Waals surface area contributed by atoms with Gasteiger partial charge in [0.05, 0.1) is 6.61 Å². The number of rotatable bonds is 53. The molecule has 66 heavy (non-hydrogen) atoms. The molecule has 0 spiro atoms. The van der Waals surface area contributed by atoms with Gasteiger partial charge >= 0.3 is 11.9 Å². The highest BCUT2D eigenvalue weighted by Crippen LogP contribution is 2.15. The van der Waals surface area contributed by atoms with Crippen molar-refractivity contribution in [1.82, 2.24) is 0 Å². The van der Waals surface area contributed by atoms with Crippen molar-refractivity contribution in [2.24, 2.45) is 0 Å². The molecule has 0 fully saturated rings. The maximum Gasteiger partial charge on any atom is 0.306 e. The van der Waals surface area contributed by atoms with Crippen LogP contribution in [0.15, 0.2) is 60.8 Å². The Balaban J connectivity index is 4.28. The lowest BCUT2D eigenvalue weighted by Gasteiger charge is -2.18. The van der Waals surface area contributed by atoms with E-state index in [-0.39, 0.29) is 25.2 Å². The zero-order valence-corrected chi connectivity index (χ0v) is 44.2. The van der Waals surface area contributed by atoms with Crippen LogP contribution < -0.4 is 0 Å². The molecule has 0 N–H and O–H groups in total. The van der Waals surface area contributed by atoms with E-state index in [0.717, 1.165) is 77.0 Å². The van der Waals surface area contributed by atoms with Gasteiger partial charge in [0.25, 0.3) is 0 Å². The summed E-state index contributed by atoms with van der Waals surface area (Å²) in [7, 11) is 0. The maximum atomic E-state index is 12.8. The molecule has 5 heteroatoms. The molecule has 1 atom stereocenters. The van der Waals surface area contributed by atoms with Gasteiger partial charge in [-0.1, -0.05) is 229 Å². The van der Waals surface area contributed by atoms with Gasteiger partial charge in [0.2, 0.25) is 0 Å². The van der Waals surface area contributed by atoms with Crippen LogP contribution in [0.4, 0.5) is 0 Å². The molecular formula is C61H110O5. The third kappa shape index (κ3) is 54.2. The molecular weight excluding hydrogens is 813 g/mol. The molecule has 0 aromatic carbocycles. The third-order valence-corrected chi connectivity index (χ3v) is 12.5. The topological polar surface area (TPSA) is 61.8 Å². The molecule has 0 rings (SSSR count). The minimum atomic E-state index is -0.551. The smallest absolute Gasteiger partial charge is 0.306 e. The Bertz CT molecular complexity index is 1130. The lowest BCUT2D eigenvalue weighted by Crippen LogP contribution is -2.30. The molecule has 384 valence electrons. The van der Waals surface area contributed by atoms with Crippen molar-refractivity contribution in [3.8, 4) is 0 Å². The van der Waals surface area contributed by atoms with Crippen molar-refractivity contribution in [1.29, 1.82) is 0 Å². The summed E-state index contributed by atoms with van der Waals surface area (Å²) in [6.07, 6.45) is 72.4. The van der Waals surface area contributed by atoms with Crippen LogP contribution in [0.1, 0.15) is 290 Å². The van der Waals surface area contributed by atoms with Gasteiger partial charge in [0.1, 0.15) is 6.61 Å². The van der Waals surface area contributed by atoms with Crippen LogP contribution in [0.25, 0.3) is 0 Å². The van der Waals surface area contributed by atoms with Gasteiger partial charge in [0.15, 0.2) is 6.10 Å². The van der Waals surface area contributed by atoms with Crippen molar-refractivity contribution in [2.75, 3.05) is 19.8 Å². The van der Waals surface area contributed by atoms with Crippen molar-refractivity contribution in [3.63, 3.8) is 0 Å². The molecule has 0 saturated carbocycles. The minimum absolute atomic E-state index is 0.0724. The second kappa shape index (κ2) is 56.9. The summed E-state index contributed by atoms with van der Waals surface area (Å²) in [6, 6.07) is 0. The monoisotopic (exact) mass is 923 g/mol. The fourth-order valence-electron chi connectivity index (χ4n) is 8.15. The van der Waals surface area contributed by atoms with Crippen LogP contribution in [-0.4, -0.2) is 37.9 Å². The summed E-state index contributed by atoms with van der Waals surface area (Å²) < 4.78 is 17.5. The van der Waals surface area contributed by atoms with Crippen LogP contribution in [-0.2, 0) is 23.8 Å². The van der Waals surface area contributed by atoms with Gasteiger partial charge < -0.3 is 14.2 Å². The Morgan fingerprint density at radius 2 is 0.636 bits per heavy atom.